The minimum absolute atomic E-state index is 0.0442. The molecular weight excluding hydrogens is 338 g/mol. The molecule has 1 saturated carbocycles. The van der Waals surface area contributed by atoms with E-state index in [-0.39, 0.29) is 4.90 Å². The molecule has 5 nitrogen and oxygen atoms in total. The summed E-state index contributed by atoms with van der Waals surface area (Å²) in [7, 11) is -3.86. The third kappa shape index (κ3) is 3.24. The van der Waals surface area contributed by atoms with Crippen LogP contribution in [0.4, 0.5) is 0 Å². The Hall–Kier alpha value is -1.89. The van der Waals surface area contributed by atoms with Crippen LogP contribution < -0.4 is 4.72 Å². The number of hydrogen-bond acceptors (Lipinski definition) is 3. The van der Waals surface area contributed by atoms with Crippen LogP contribution in [-0.4, -0.2) is 25.0 Å². The highest BCUT2D eigenvalue weighted by atomic mass is 35.5. The summed E-state index contributed by atoms with van der Waals surface area (Å²) in [5.41, 5.74) is 0.420. The van der Waals surface area contributed by atoms with Crippen molar-refractivity contribution in [2.45, 2.75) is 23.3 Å². The fourth-order valence-electron chi connectivity index (χ4n) is 2.27. The van der Waals surface area contributed by atoms with E-state index < -0.39 is 21.5 Å². The van der Waals surface area contributed by atoms with Gasteiger partial charge in [0.2, 0.25) is 10.0 Å². The first-order chi connectivity index (χ1) is 10.8. The van der Waals surface area contributed by atoms with Crippen molar-refractivity contribution < 1.29 is 18.3 Å². The van der Waals surface area contributed by atoms with Gasteiger partial charge < -0.3 is 5.11 Å². The molecule has 2 N–H and O–H groups in total. The van der Waals surface area contributed by atoms with E-state index >= 15 is 0 Å². The van der Waals surface area contributed by atoms with Crippen molar-refractivity contribution >= 4 is 27.6 Å². The third-order valence-electron chi connectivity index (χ3n) is 3.83. The van der Waals surface area contributed by atoms with Crippen LogP contribution >= 0.6 is 11.6 Å². The zero-order valence-corrected chi connectivity index (χ0v) is 13.6. The molecule has 0 aliphatic heterocycles. The van der Waals surface area contributed by atoms with E-state index in [1.165, 1.54) is 12.1 Å². The van der Waals surface area contributed by atoms with Gasteiger partial charge in [0.15, 0.2) is 0 Å². The Morgan fingerprint density at radius 3 is 1.91 bits per heavy atom. The molecule has 0 saturated heterocycles. The van der Waals surface area contributed by atoms with Crippen molar-refractivity contribution in [3.63, 3.8) is 0 Å². The van der Waals surface area contributed by atoms with E-state index in [4.69, 9.17) is 16.7 Å². The van der Waals surface area contributed by atoms with Crippen LogP contribution in [0.2, 0.25) is 5.02 Å². The maximum atomic E-state index is 12.3. The SMILES string of the molecule is O=C(O)C1(NS(=O)(=O)c2ccc(-c3ccc(Cl)cc3)cc2)CC1. The van der Waals surface area contributed by atoms with Crippen molar-refractivity contribution in [2.75, 3.05) is 0 Å². The summed E-state index contributed by atoms with van der Waals surface area (Å²) in [6, 6.07) is 13.5. The van der Waals surface area contributed by atoms with Crippen molar-refractivity contribution in [3.05, 3.63) is 53.6 Å². The van der Waals surface area contributed by atoms with Gasteiger partial charge >= 0.3 is 5.97 Å². The van der Waals surface area contributed by atoms with E-state index in [0.29, 0.717) is 17.9 Å². The number of hydrogen-bond donors (Lipinski definition) is 2. The van der Waals surface area contributed by atoms with E-state index in [1.54, 1.807) is 24.3 Å². The number of halogens is 1. The van der Waals surface area contributed by atoms with Crippen LogP contribution in [0.15, 0.2) is 53.4 Å². The lowest BCUT2D eigenvalue weighted by atomic mass is 10.1. The van der Waals surface area contributed by atoms with Gasteiger partial charge in [-0.05, 0) is 48.2 Å². The fraction of sp³-hybridized carbons (Fsp3) is 0.188. The van der Waals surface area contributed by atoms with Crippen molar-refractivity contribution in [3.8, 4) is 11.1 Å². The first-order valence-electron chi connectivity index (χ1n) is 6.96. The smallest absolute Gasteiger partial charge is 0.324 e. The van der Waals surface area contributed by atoms with Gasteiger partial charge in [0.25, 0.3) is 0 Å². The van der Waals surface area contributed by atoms with Crippen LogP contribution in [-0.2, 0) is 14.8 Å². The number of carboxylic acid groups (broad SMARTS) is 1. The number of aliphatic carboxylic acids is 1. The van der Waals surface area contributed by atoms with E-state index in [2.05, 4.69) is 4.72 Å². The number of carbonyl (C=O) groups is 1. The average Bonchev–Trinajstić information content (AvgIpc) is 3.28. The zero-order chi connectivity index (χ0) is 16.7. The van der Waals surface area contributed by atoms with Gasteiger partial charge in [0.1, 0.15) is 5.54 Å². The van der Waals surface area contributed by atoms with Gasteiger partial charge in [-0.25, -0.2) is 8.42 Å². The lowest BCUT2D eigenvalue weighted by molar-refractivity contribution is -0.140. The largest absolute Gasteiger partial charge is 0.480 e. The molecule has 23 heavy (non-hydrogen) atoms. The molecule has 0 unspecified atom stereocenters. The summed E-state index contributed by atoms with van der Waals surface area (Å²) in [5, 5.41) is 9.72. The molecule has 0 radical (unpaired) electrons. The van der Waals surface area contributed by atoms with Crippen LogP contribution in [0.3, 0.4) is 0 Å². The van der Waals surface area contributed by atoms with Crippen molar-refractivity contribution in [1.29, 1.82) is 0 Å². The molecular formula is C16H14ClNO4S. The predicted molar refractivity (Wildman–Crippen MR) is 86.8 cm³/mol. The lowest BCUT2D eigenvalue weighted by Gasteiger charge is -2.13. The predicted octanol–water partition coefficient (Wildman–Crippen LogP) is 2.90. The van der Waals surface area contributed by atoms with Gasteiger partial charge in [-0.2, -0.15) is 4.72 Å². The number of carboxylic acids is 1. The third-order valence-corrected chi connectivity index (χ3v) is 5.64. The second kappa shape index (κ2) is 5.63. The normalized spacial score (nSPS) is 16.0. The number of sulfonamides is 1. The molecule has 1 aliphatic rings. The highest BCUT2D eigenvalue weighted by Crippen LogP contribution is 2.37. The first-order valence-corrected chi connectivity index (χ1v) is 8.82. The van der Waals surface area contributed by atoms with Crippen LogP contribution in [0.1, 0.15) is 12.8 Å². The van der Waals surface area contributed by atoms with E-state index in [0.717, 1.165) is 11.1 Å². The Morgan fingerprint density at radius 1 is 1.00 bits per heavy atom. The molecule has 0 aromatic heterocycles. The minimum Gasteiger partial charge on any atom is -0.480 e. The Labute approximate surface area is 139 Å². The number of benzene rings is 2. The van der Waals surface area contributed by atoms with Crippen LogP contribution in [0, 0.1) is 0 Å². The Kier molecular flexibility index (Phi) is 3.91. The molecule has 0 atom stereocenters. The summed E-state index contributed by atoms with van der Waals surface area (Å²) in [5.74, 6) is -1.14. The molecule has 2 aromatic rings. The second-order valence-corrected chi connectivity index (χ2v) is 7.64. The molecule has 1 aliphatic carbocycles. The minimum atomic E-state index is -3.86. The van der Waals surface area contributed by atoms with Crippen LogP contribution in [0.25, 0.3) is 11.1 Å². The molecule has 1 fully saturated rings. The first kappa shape index (κ1) is 16.0. The van der Waals surface area contributed by atoms with Gasteiger partial charge in [-0.3, -0.25) is 4.79 Å². The zero-order valence-electron chi connectivity index (χ0n) is 12.0. The number of nitrogens with one attached hydrogen (secondary N) is 1. The fourth-order valence-corrected chi connectivity index (χ4v) is 3.81. The van der Waals surface area contributed by atoms with Crippen molar-refractivity contribution in [2.24, 2.45) is 0 Å². The molecule has 7 heteroatoms. The van der Waals surface area contributed by atoms with E-state index in [1.807, 2.05) is 12.1 Å². The monoisotopic (exact) mass is 351 g/mol. The molecule has 0 bridgehead atoms. The maximum Gasteiger partial charge on any atom is 0.324 e. The molecule has 0 heterocycles. The van der Waals surface area contributed by atoms with Gasteiger partial charge in [0, 0.05) is 5.02 Å². The Bertz CT molecular complexity index is 841. The van der Waals surface area contributed by atoms with Gasteiger partial charge in [-0.15, -0.1) is 0 Å². The summed E-state index contributed by atoms with van der Waals surface area (Å²) in [6.45, 7) is 0. The van der Waals surface area contributed by atoms with Crippen molar-refractivity contribution in [1.82, 2.24) is 4.72 Å². The average molecular weight is 352 g/mol. The highest BCUT2D eigenvalue weighted by molar-refractivity contribution is 7.89. The summed E-state index contributed by atoms with van der Waals surface area (Å²) < 4.78 is 26.9. The van der Waals surface area contributed by atoms with Gasteiger partial charge in [-0.1, -0.05) is 35.9 Å². The van der Waals surface area contributed by atoms with Gasteiger partial charge in [0.05, 0.1) is 4.90 Å². The molecule has 0 spiro atoms. The van der Waals surface area contributed by atoms with E-state index in [9.17, 15) is 13.2 Å². The maximum absolute atomic E-state index is 12.3. The molecule has 2 aromatic carbocycles. The molecule has 3 rings (SSSR count). The highest BCUT2D eigenvalue weighted by Gasteiger charge is 2.53. The van der Waals surface area contributed by atoms with Crippen LogP contribution in [0.5, 0.6) is 0 Å². The Morgan fingerprint density at radius 2 is 1.48 bits per heavy atom. The number of rotatable bonds is 5. The lowest BCUT2D eigenvalue weighted by Crippen LogP contribution is -2.42. The topological polar surface area (TPSA) is 83.5 Å². The summed E-state index contributed by atoms with van der Waals surface area (Å²) >= 11 is 5.84. The summed E-state index contributed by atoms with van der Waals surface area (Å²) in [6.07, 6.45) is 0.620. The Balaban J connectivity index is 1.84. The second-order valence-electron chi connectivity index (χ2n) is 5.52. The standard InChI is InChI=1S/C16H14ClNO4S/c17-13-5-1-11(2-6-13)12-3-7-14(8-4-12)23(21,22)18-16(9-10-16)15(19)20/h1-8,18H,9-10H2,(H,19,20). The molecule has 120 valence electrons. The molecule has 0 amide bonds. The summed E-state index contributed by atoms with van der Waals surface area (Å²) in [4.78, 5) is 11.2. The quantitative estimate of drug-likeness (QED) is 0.867.